The fourth-order valence-electron chi connectivity index (χ4n) is 2.56. The second-order valence-corrected chi connectivity index (χ2v) is 8.17. The summed E-state index contributed by atoms with van der Waals surface area (Å²) >= 11 is 5.86. The van der Waals surface area contributed by atoms with Gasteiger partial charge in [-0.3, -0.25) is 30.4 Å². The molecular weight excluding hydrogens is 370 g/mol. The lowest BCUT2D eigenvalue weighted by Crippen LogP contribution is -2.46. The van der Waals surface area contributed by atoms with Crippen molar-refractivity contribution in [3.63, 3.8) is 0 Å². The van der Waals surface area contributed by atoms with Crippen LogP contribution in [-0.2, 0) is 20.8 Å². The molecule has 0 heterocycles. The van der Waals surface area contributed by atoms with Gasteiger partial charge in [-0.15, -0.1) is 0 Å². The number of hydrogen-bond acceptors (Lipinski definition) is 4. The summed E-state index contributed by atoms with van der Waals surface area (Å²) in [6, 6.07) is 7.41. The molecule has 0 aliphatic carbocycles. The molecular formula is C19H28ClN3O4. The number of carbonyl (C=O) groups is 3. The number of nitrogens with one attached hydrogen (secondary N) is 3. The maximum atomic E-state index is 12.3. The van der Waals surface area contributed by atoms with Crippen molar-refractivity contribution in [3.05, 3.63) is 34.9 Å². The van der Waals surface area contributed by atoms with Gasteiger partial charge in [0.1, 0.15) is 0 Å². The Labute approximate surface area is 164 Å². The average molecular weight is 398 g/mol. The molecule has 0 aliphatic rings. The molecule has 3 amide bonds. The molecule has 0 aromatic heterocycles. The monoisotopic (exact) mass is 397 g/mol. The van der Waals surface area contributed by atoms with Crippen molar-refractivity contribution in [1.82, 2.24) is 16.3 Å². The number of halogens is 1. The van der Waals surface area contributed by atoms with Crippen LogP contribution in [0.4, 0.5) is 0 Å². The highest BCUT2D eigenvalue weighted by molar-refractivity contribution is 6.30. The quantitative estimate of drug-likeness (QED) is 0.399. The van der Waals surface area contributed by atoms with Gasteiger partial charge in [0, 0.05) is 23.8 Å². The van der Waals surface area contributed by atoms with Crippen molar-refractivity contribution in [3.8, 4) is 0 Å². The molecule has 1 unspecified atom stereocenters. The van der Waals surface area contributed by atoms with E-state index >= 15 is 0 Å². The van der Waals surface area contributed by atoms with E-state index in [-0.39, 0.29) is 24.2 Å². The van der Waals surface area contributed by atoms with Gasteiger partial charge in [0.15, 0.2) is 0 Å². The van der Waals surface area contributed by atoms with E-state index in [0.29, 0.717) is 17.9 Å². The third kappa shape index (κ3) is 9.96. The molecule has 8 heteroatoms. The molecule has 1 aromatic carbocycles. The van der Waals surface area contributed by atoms with Crippen molar-refractivity contribution in [2.45, 2.75) is 52.9 Å². The van der Waals surface area contributed by atoms with Gasteiger partial charge >= 0.3 is 0 Å². The minimum atomic E-state index is -0.667. The Kier molecular flexibility index (Phi) is 9.25. The van der Waals surface area contributed by atoms with Gasteiger partial charge in [0.2, 0.25) is 17.7 Å². The molecule has 0 saturated carbocycles. The molecule has 7 nitrogen and oxygen atoms in total. The highest BCUT2D eigenvalue weighted by atomic mass is 35.5. The topological polar surface area (TPSA) is 108 Å². The number of carbonyl (C=O) groups excluding carboxylic acids is 3. The third-order valence-electron chi connectivity index (χ3n) is 3.87. The van der Waals surface area contributed by atoms with Gasteiger partial charge in [-0.25, -0.2) is 5.48 Å². The van der Waals surface area contributed by atoms with Gasteiger partial charge in [-0.1, -0.05) is 44.5 Å². The number of hydrogen-bond donors (Lipinski definition) is 4. The summed E-state index contributed by atoms with van der Waals surface area (Å²) < 4.78 is 0. The first-order chi connectivity index (χ1) is 12.6. The van der Waals surface area contributed by atoms with Crippen LogP contribution in [0, 0.1) is 11.3 Å². The van der Waals surface area contributed by atoms with Gasteiger partial charge < -0.3 is 0 Å². The Morgan fingerprint density at radius 2 is 1.70 bits per heavy atom. The SMILES string of the molecule is CC(C)(C)CC(=O)NNC(=O)C(CCCc1ccc(Cl)cc1)CC(=O)NO. The summed E-state index contributed by atoms with van der Waals surface area (Å²) in [5, 5.41) is 9.38. The molecule has 1 atom stereocenters. The lowest BCUT2D eigenvalue weighted by molar-refractivity contribution is -0.136. The molecule has 0 aliphatic heterocycles. The molecule has 0 spiro atoms. The lowest BCUT2D eigenvalue weighted by atomic mass is 9.92. The molecule has 1 aromatic rings. The fourth-order valence-corrected chi connectivity index (χ4v) is 2.68. The van der Waals surface area contributed by atoms with E-state index in [1.54, 1.807) is 12.1 Å². The first-order valence-electron chi connectivity index (χ1n) is 8.87. The number of benzene rings is 1. The van der Waals surface area contributed by atoms with Gasteiger partial charge in [-0.2, -0.15) is 0 Å². The normalized spacial score (nSPS) is 12.2. The molecule has 0 radical (unpaired) electrons. The average Bonchev–Trinajstić information content (AvgIpc) is 2.58. The van der Waals surface area contributed by atoms with E-state index in [1.807, 2.05) is 32.9 Å². The number of hydrazine groups is 1. The zero-order chi connectivity index (χ0) is 20.4. The van der Waals surface area contributed by atoms with E-state index in [1.165, 1.54) is 5.48 Å². The standard InChI is InChI=1S/C19H28ClN3O4/c1-19(2,3)12-17(25)21-22-18(26)14(11-16(24)23-27)6-4-5-13-7-9-15(20)10-8-13/h7-10,14,27H,4-6,11-12H2,1-3H3,(H,21,25)(H,22,26)(H,23,24). The Hall–Kier alpha value is -2.12. The number of amides is 3. The summed E-state index contributed by atoms with van der Waals surface area (Å²) in [4.78, 5) is 35.7. The van der Waals surface area contributed by atoms with Crippen LogP contribution in [-0.4, -0.2) is 22.9 Å². The first-order valence-corrected chi connectivity index (χ1v) is 9.24. The summed E-state index contributed by atoms with van der Waals surface area (Å²) in [6.45, 7) is 5.75. The van der Waals surface area contributed by atoms with Gasteiger partial charge in [0.05, 0.1) is 0 Å². The Morgan fingerprint density at radius 1 is 1.07 bits per heavy atom. The van der Waals surface area contributed by atoms with E-state index in [4.69, 9.17) is 16.8 Å². The predicted octanol–water partition coefficient (Wildman–Crippen LogP) is 2.76. The highest BCUT2D eigenvalue weighted by Gasteiger charge is 2.23. The van der Waals surface area contributed by atoms with Gasteiger partial charge in [0.25, 0.3) is 0 Å². The van der Waals surface area contributed by atoms with Crippen molar-refractivity contribution < 1.29 is 19.6 Å². The summed E-state index contributed by atoms with van der Waals surface area (Å²) in [7, 11) is 0. The van der Waals surface area contributed by atoms with E-state index in [0.717, 1.165) is 12.0 Å². The van der Waals surface area contributed by atoms with Crippen molar-refractivity contribution >= 4 is 29.3 Å². The largest absolute Gasteiger partial charge is 0.289 e. The molecule has 1 rings (SSSR count). The lowest BCUT2D eigenvalue weighted by Gasteiger charge is -2.19. The summed E-state index contributed by atoms with van der Waals surface area (Å²) in [5.41, 5.74) is 7.16. The Bertz CT molecular complexity index is 641. The van der Waals surface area contributed by atoms with Crippen LogP contribution in [0.25, 0.3) is 0 Å². The molecule has 0 fully saturated rings. The number of hydroxylamine groups is 1. The summed E-state index contributed by atoms with van der Waals surface area (Å²) in [6.07, 6.45) is 1.90. The second kappa shape index (κ2) is 10.9. The smallest absolute Gasteiger partial charge is 0.244 e. The molecule has 0 saturated heterocycles. The molecule has 27 heavy (non-hydrogen) atoms. The Balaban J connectivity index is 2.56. The molecule has 4 N–H and O–H groups in total. The van der Waals surface area contributed by atoms with Crippen LogP contribution in [0.1, 0.15) is 52.0 Å². The first kappa shape index (κ1) is 22.9. The summed E-state index contributed by atoms with van der Waals surface area (Å²) in [5.74, 6) is -2.08. The van der Waals surface area contributed by atoms with Gasteiger partial charge in [-0.05, 0) is 42.4 Å². The molecule has 150 valence electrons. The number of aryl methyl sites for hydroxylation is 1. The third-order valence-corrected chi connectivity index (χ3v) is 4.13. The minimum Gasteiger partial charge on any atom is -0.289 e. The van der Waals surface area contributed by atoms with Crippen LogP contribution in [0.3, 0.4) is 0 Å². The van der Waals surface area contributed by atoms with E-state index in [9.17, 15) is 14.4 Å². The van der Waals surface area contributed by atoms with E-state index in [2.05, 4.69) is 10.9 Å². The predicted molar refractivity (Wildman–Crippen MR) is 103 cm³/mol. The van der Waals surface area contributed by atoms with Crippen LogP contribution in [0.2, 0.25) is 5.02 Å². The molecule has 0 bridgehead atoms. The Morgan fingerprint density at radius 3 is 2.26 bits per heavy atom. The zero-order valence-electron chi connectivity index (χ0n) is 16.0. The van der Waals surface area contributed by atoms with Crippen LogP contribution < -0.4 is 16.3 Å². The highest BCUT2D eigenvalue weighted by Crippen LogP contribution is 2.18. The second-order valence-electron chi connectivity index (χ2n) is 7.73. The van der Waals surface area contributed by atoms with Crippen molar-refractivity contribution in [1.29, 1.82) is 0 Å². The van der Waals surface area contributed by atoms with Crippen molar-refractivity contribution in [2.75, 3.05) is 0 Å². The van der Waals surface area contributed by atoms with Crippen molar-refractivity contribution in [2.24, 2.45) is 11.3 Å². The van der Waals surface area contributed by atoms with Crippen LogP contribution in [0.5, 0.6) is 0 Å². The maximum absolute atomic E-state index is 12.3. The van der Waals surface area contributed by atoms with Crippen LogP contribution in [0.15, 0.2) is 24.3 Å². The maximum Gasteiger partial charge on any atom is 0.244 e. The van der Waals surface area contributed by atoms with Crippen LogP contribution >= 0.6 is 11.6 Å². The van der Waals surface area contributed by atoms with E-state index < -0.39 is 17.7 Å². The minimum absolute atomic E-state index is 0.169. The zero-order valence-corrected chi connectivity index (χ0v) is 16.7. The fraction of sp³-hybridized carbons (Fsp3) is 0.526. The number of rotatable bonds is 8.